The standard InChI is InChI=1S/C28H27N5O/c1-31-14-16-32(17-15-31)21-30-28-25(19-29)26(22-9-4-2-5-10-22)27(23-11-6-3-7-12-23)33(28)20-24-13-8-18-34-24/h2-13,18,21H,14-17,20H2,1H3/p+1. The number of nitrogens with one attached hydrogen (secondary N) is 1. The van der Waals surface area contributed by atoms with Crippen molar-refractivity contribution in [2.75, 3.05) is 33.2 Å². The molecule has 1 aliphatic rings. The lowest BCUT2D eigenvalue weighted by Crippen LogP contribution is -3.11. The molecule has 0 amide bonds. The highest BCUT2D eigenvalue weighted by Gasteiger charge is 2.26. The van der Waals surface area contributed by atoms with Crippen molar-refractivity contribution >= 4 is 12.2 Å². The highest BCUT2D eigenvalue weighted by Crippen LogP contribution is 2.43. The van der Waals surface area contributed by atoms with Gasteiger partial charge in [0.05, 0.1) is 58.1 Å². The summed E-state index contributed by atoms with van der Waals surface area (Å²) in [6.45, 7) is 4.54. The molecule has 0 spiro atoms. The molecule has 6 nitrogen and oxygen atoms in total. The number of benzene rings is 2. The van der Waals surface area contributed by atoms with Crippen molar-refractivity contribution in [3.8, 4) is 28.5 Å². The normalized spacial score (nSPS) is 14.5. The van der Waals surface area contributed by atoms with Crippen LogP contribution in [0.1, 0.15) is 11.3 Å². The van der Waals surface area contributed by atoms with Gasteiger partial charge in [0.15, 0.2) is 5.82 Å². The predicted molar refractivity (Wildman–Crippen MR) is 134 cm³/mol. The number of rotatable bonds is 6. The zero-order valence-electron chi connectivity index (χ0n) is 19.3. The van der Waals surface area contributed by atoms with Crippen LogP contribution in [0.15, 0.2) is 88.5 Å². The second-order valence-electron chi connectivity index (χ2n) is 8.67. The third-order valence-corrected chi connectivity index (χ3v) is 6.35. The summed E-state index contributed by atoms with van der Waals surface area (Å²) in [6.07, 6.45) is 3.59. The van der Waals surface area contributed by atoms with Gasteiger partial charge >= 0.3 is 0 Å². The lowest BCUT2D eigenvalue weighted by Gasteiger charge is -2.28. The molecule has 170 valence electrons. The van der Waals surface area contributed by atoms with E-state index in [1.807, 2.05) is 54.9 Å². The van der Waals surface area contributed by atoms with Gasteiger partial charge in [0, 0.05) is 5.56 Å². The van der Waals surface area contributed by atoms with Crippen LogP contribution in [0.4, 0.5) is 5.82 Å². The molecule has 0 saturated carbocycles. The highest BCUT2D eigenvalue weighted by atomic mass is 16.3. The number of furan rings is 1. The Hall–Kier alpha value is -4.08. The first kappa shape index (κ1) is 21.7. The molecule has 34 heavy (non-hydrogen) atoms. The van der Waals surface area contributed by atoms with Crippen LogP contribution < -0.4 is 4.90 Å². The van der Waals surface area contributed by atoms with Crippen LogP contribution in [0.25, 0.3) is 22.4 Å². The fourth-order valence-electron chi connectivity index (χ4n) is 4.50. The van der Waals surface area contributed by atoms with Crippen molar-refractivity contribution in [2.24, 2.45) is 4.99 Å². The van der Waals surface area contributed by atoms with Crippen molar-refractivity contribution < 1.29 is 9.32 Å². The SMILES string of the molecule is C[NH+]1CCN(C=Nc2c(C#N)c(-c3ccccc3)c(-c3ccccc3)n2Cc2ccco2)CC1. The Kier molecular flexibility index (Phi) is 6.28. The number of nitrogens with zero attached hydrogens (tertiary/aromatic N) is 4. The largest absolute Gasteiger partial charge is 0.467 e. The van der Waals surface area contributed by atoms with E-state index in [0.717, 1.165) is 54.3 Å². The van der Waals surface area contributed by atoms with E-state index in [1.165, 1.54) is 4.90 Å². The van der Waals surface area contributed by atoms with Gasteiger partial charge < -0.3 is 18.8 Å². The molecule has 5 rings (SSSR count). The first-order chi connectivity index (χ1) is 16.7. The number of nitriles is 1. The third-order valence-electron chi connectivity index (χ3n) is 6.35. The Labute approximate surface area is 200 Å². The first-order valence-electron chi connectivity index (χ1n) is 11.6. The molecule has 0 aliphatic carbocycles. The maximum atomic E-state index is 10.4. The summed E-state index contributed by atoms with van der Waals surface area (Å²) in [7, 11) is 2.22. The molecule has 1 saturated heterocycles. The topological polar surface area (TPSA) is 61.9 Å². The number of hydrogen-bond donors (Lipinski definition) is 1. The van der Waals surface area contributed by atoms with Crippen molar-refractivity contribution in [3.05, 3.63) is 90.4 Å². The molecule has 4 aromatic rings. The molecule has 2 aromatic carbocycles. The van der Waals surface area contributed by atoms with Crippen LogP contribution in [0.3, 0.4) is 0 Å². The third kappa shape index (κ3) is 4.39. The van der Waals surface area contributed by atoms with Crippen molar-refractivity contribution in [1.29, 1.82) is 5.26 Å². The van der Waals surface area contributed by atoms with E-state index in [-0.39, 0.29) is 0 Å². The summed E-state index contributed by atoms with van der Waals surface area (Å²) in [4.78, 5) is 8.70. The Morgan fingerprint density at radius 3 is 2.26 bits per heavy atom. The fraction of sp³-hybridized carbons (Fsp3) is 0.214. The van der Waals surface area contributed by atoms with Gasteiger partial charge in [0.2, 0.25) is 0 Å². The molecule has 0 unspecified atom stereocenters. The van der Waals surface area contributed by atoms with Gasteiger partial charge in [0.25, 0.3) is 0 Å². The number of aromatic nitrogens is 1. The molecule has 2 aromatic heterocycles. The number of piperazine rings is 1. The average Bonchev–Trinajstić information content (AvgIpc) is 3.51. The Balaban J connectivity index is 1.72. The van der Waals surface area contributed by atoms with Crippen LogP contribution in [0, 0.1) is 11.3 Å². The van der Waals surface area contributed by atoms with Gasteiger partial charge in [-0.15, -0.1) is 0 Å². The molecule has 1 fully saturated rings. The quantitative estimate of drug-likeness (QED) is 0.359. The molecule has 6 heteroatoms. The predicted octanol–water partition coefficient (Wildman–Crippen LogP) is 3.83. The summed E-state index contributed by atoms with van der Waals surface area (Å²) < 4.78 is 7.83. The van der Waals surface area contributed by atoms with Gasteiger partial charge in [-0.1, -0.05) is 60.7 Å². The highest BCUT2D eigenvalue weighted by molar-refractivity contribution is 5.91. The number of hydrogen-bond acceptors (Lipinski definition) is 3. The van der Waals surface area contributed by atoms with Gasteiger partial charge in [-0.3, -0.25) is 0 Å². The molecule has 0 atom stereocenters. The zero-order valence-corrected chi connectivity index (χ0v) is 19.3. The van der Waals surface area contributed by atoms with Crippen molar-refractivity contribution in [3.63, 3.8) is 0 Å². The van der Waals surface area contributed by atoms with E-state index in [4.69, 9.17) is 9.41 Å². The van der Waals surface area contributed by atoms with Gasteiger partial charge in [-0.05, 0) is 23.3 Å². The Bertz CT molecular complexity index is 1290. The second-order valence-corrected chi connectivity index (χ2v) is 8.67. The Morgan fingerprint density at radius 2 is 1.65 bits per heavy atom. The van der Waals surface area contributed by atoms with Crippen LogP contribution >= 0.6 is 0 Å². The second kappa shape index (κ2) is 9.82. The smallest absolute Gasteiger partial charge is 0.153 e. The van der Waals surface area contributed by atoms with E-state index in [0.29, 0.717) is 17.9 Å². The van der Waals surface area contributed by atoms with Gasteiger partial charge in [-0.25, -0.2) is 4.99 Å². The van der Waals surface area contributed by atoms with Crippen LogP contribution in [0.5, 0.6) is 0 Å². The van der Waals surface area contributed by atoms with Gasteiger partial charge in [-0.2, -0.15) is 5.26 Å². The van der Waals surface area contributed by atoms with Crippen molar-refractivity contribution in [1.82, 2.24) is 9.47 Å². The molecule has 0 bridgehead atoms. The molecular weight excluding hydrogens is 422 g/mol. The van der Waals surface area contributed by atoms with E-state index in [1.54, 1.807) is 6.26 Å². The van der Waals surface area contributed by atoms with Crippen LogP contribution in [-0.2, 0) is 6.54 Å². The molecule has 1 aliphatic heterocycles. The maximum Gasteiger partial charge on any atom is 0.153 e. The average molecular weight is 451 g/mol. The molecule has 1 N–H and O–H groups in total. The minimum absolute atomic E-state index is 0.484. The number of quaternary nitrogens is 1. The lowest BCUT2D eigenvalue weighted by atomic mass is 9.98. The molecular formula is C28H28N5O+. The van der Waals surface area contributed by atoms with E-state index in [2.05, 4.69) is 46.8 Å². The zero-order chi connectivity index (χ0) is 23.3. The molecule has 0 radical (unpaired) electrons. The molecule has 3 heterocycles. The summed E-state index contributed by atoms with van der Waals surface area (Å²) >= 11 is 0. The summed E-state index contributed by atoms with van der Waals surface area (Å²) in [5.74, 6) is 1.47. The summed E-state index contributed by atoms with van der Waals surface area (Å²) in [6, 6.07) is 26.6. The van der Waals surface area contributed by atoms with Gasteiger partial charge in [0.1, 0.15) is 17.4 Å². The number of likely N-dealkylation sites (N-methyl/N-ethyl adjacent to an activating group) is 1. The summed E-state index contributed by atoms with van der Waals surface area (Å²) in [5, 5.41) is 10.4. The minimum atomic E-state index is 0.484. The minimum Gasteiger partial charge on any atom is -0.467 e. The van der Waals surface area contributed by atoms with Crippen molar-refractivity contribution in [2.45, 2.75) is 6.54 Å². The Morgan fingerprint density at radius 1 is 0.971 bits per heavy atom. The van der Waals surface area contributed by atoms with E-state index < -0.39 is 0 Å². The summed E-state index contributed by atoms with van der Waals surface area (Å²) in [5.41, 5.74) is 4.47. The maximum absolute atomic E-state index is 10.4. The van der Waals surface area contributed by atoms with Crippen LogP contribution in [-0.4, -0.2) is 49.0 Å². The fourth-order valence-corrected chi connectivity index (χ4v) is 4.50. The van der Waals surface area contributed by atoms with E-state index >= 15 is 0 Å². The first-order valence-corrected chi connectivity index (χ1v) is 11.6. The monoisotopic (exact) mass is 450 g/mol. The number of aliphatic imine (C=N–C) groups is 1. The van der Waals surface area contributed by atoms with Crippen LogP contribution in [0.2, 0.25) is 0 Å². The van der Waals surface area contributed by atoms with E-state index in [9.17, 15) is 5.26 Å². The lowest BCUT2D eigenvalue weighted by molar-refractivity contribution is -0.883.